The monoisotopic (exact) mass is 275 g/mol. The number of ether oxygens (including phenoxy) is 1. The van der Waals surface area contributed by atoms with Crippen LogP contribution in [0.3, 0.4) is 0 Å². The molecule has 106 valence electrons. The lowest BCUT2D eigenvalue weighted by molar-refractivity contribution is -0.163. The quantitative estimate of drug-likeness (QED) is 0.810. The van der Waals surface area contributed by atoms with Crippen molar-refractivity contribution in [1.29, 1.82) is 0 Å². The molecule has 0 aliphatic rings. The maximum absolute atomic E-state index is 12.4. The van der Waals surface area contributed by atoms with Crippen LogP contribution in [-0.4, -0.2) is 24.9 Å². The number of carbonyl (C=O) groups is 1. The smallest absolute Gasteiger partial charge is 0.358 e. The molecule has 0 aromatic heterocycles. The van der Waals surface area contributed by atoms with Crippen molar-refractivity contribution in [3.05, 3.63) is 35.9 Å². The van der Waals surface area contributed by atoms with Gasteiger partial charge in [0, 0.05) is 12.2 Å². The molecule has 19 heavy (non-hydrogen) atoms. The van der Waals surface area contributed by atoms with E-state index in [2.05, 4.69) is 5.32 Å². The molecule has 0 spiro atoms. The summed E-state index contributed by atoms with van der Waals surface area (Å²) < 4.78 is 42.1. The molecule has 0 radical (unpaired) electrons. The molecule has 0 saturated heterocycles. The van der Waals surface area contributed by atoms with Crippen LogP contribution < -0.4 is 5.32 Å². The second-order valence-electron chi connectivity index (χ2n) is 4.02. The van der Waals surface area contributed by atoms with Gasteiger partial charge in [-0.05, 0) is 18.6 Å². The van der Waals surface area contributed by atoms with Crippen molar-refractivity contribution in [1.82, 2.24) is 5.32 Å². The summed E-state index contributed by atoms with van der Waals surface area (Å²) in [6.07, 6.45) is -6.36. The molecule has 1 aromatic rings. The summed E-state index contributed by atoms with van der Waals surface area (Å²) in [5, 5.41) is 2.24. The molecule has 3 nitrogen and oxygen atoms in total. The minimum atomic E-state index is -4.39. The van der Waals surface area contributed by atoms with E-state index in [0.717, 1.165) is 0 Å². The van der Waals surface area contributed by atoms with Crippen LogP contribution in [0.2, 0.25) is 0 Å². The molecule has 1 N–H and O–H groups in total. The topological polar surface area (TPSA) is 38.3 Å². The van der Waals surface area contributed by atoms with Gasteiger partial charge in [0.25, 0.3) is 5.91 Å². The molecule has 0 unspecified atom stereocenters. The first-order valence-electron chi connectivity index (χ1n) is 5.96. The van der Waals surface area contributed by atoms with E-state index in [1.54, 1.807) is 25.1 Å². The van der Waals surface area contributed by atoms with Crippen LogP contribution in [0, 0.1) is 0 Å². The van der Waals surface area contributed by atoms with E-state index in [0.29, 0.717) is 12.0 Å². The minimum Gasteiger partial charge on any atom is -0.358 e. The molecular weight excluding hydrogens is 259 g/mol. The van der Waals surface area contributed by atoms with Crippen LogP contribution in [0.15, 0.2) is 30.3 Å². The Morgan fingerprint density at radius 1 is 1.32 bits per heavy atom. The van der Waals surface area contributed by atoms with Crippen molar-refractivity contribution >= 4 is 5.91 Å². The lowest BCUT2D eigenvalue weighted by Gasteiger charge is -2.20. The Morgan fingerprint density at radius 2 is 1.95 bits per heavy atom. The number of alkyl halides is 3. The molecule has 1 aromatic carbocycles. The van der Waals surface area contributed by atoms with E-state index in [-0.39, 0.29) is 6.61 Å². The number of hydrogen-bond donors (Lipinski definition) is 1. The first-order chi connectivity index (χ1) is 8.92. The maximum atomic E-state index is 12.4. The lowest BCUT2D eigenvalue weighted by Crippen LogP contribution is -2.40. The van der Waals surface area contributed by atoms with Gasteiger partial charge < -0.3 is 10.1 Å². The summed E-state index contributed by atoms with van der Waals surface area (Å²) in [6.45, 7) is 1.94. The fourth-order valence-electron chi connectivity index (χ4n) is 1.44. The van der Waals surface area contributed by atoms with Gasteiger partial charge >= 0.3 is 6.18 Å². The average molecular weight is 275 g/mol. The fourth-order valence-corrected chi connectivity index (χ4v) is 1.44. The largest absolute Gasteiger partial charge is 0.393 e. The highest BCUT2D eigenvalue weighted by molar-refractivity contribution is 5.94. The molecule has 0 saturated carbocycles. The molecule has 1 amide bonds. The Kier molecular flexibility index (Phi) is 5.82. The summed E-state index contributed by atoms with van der Waals surface area (Å²) in [5.41, 5.74) is 0.301. The summed E-state index contributed by atoms with van der Waals surface area (Å²) in [5.74, 6) is -0.578. The zero-order valence-corrected chi connectivity index (χ0v) is 10.5. The summed E-state index contributed by atoms with van der Waals surface area (Å²) >= 11 is 0. The van der Waals surface area contributed by atoms with Crippen molar-refractivity contribution < 1.29 is 22.7 Å². The number of halogens is 3. The second kappa shape index (κ2) is 7.13. The summed E-state index contributed by atoms with van der Waals surface area (Å²) in [4.78, 5) is 11.7. The van der Waals surface area contributed by atoms with Crippen LogP contribution in [0.1, 0.15) is 30.1 Å². The standard InChI is InChI=1S/C13H16F3NO2/c1-2-8-19-11(9-13(14,15)16)17-12(18)10-6-4-3-5-7-10/h3-7,11H,2,8-9H2,1H3,(H,17,18)/t11-/m0/s1. The van der Waals surface area contributed by atoms with E-state index in [9.17, 15) is 18.0 Å². The van der Waals surface area contributed by atoms with Crippen LogP contribution in [-0.2, 0) is 4.74 Å². The highest BCUT2D eigenvalue weighted by Crippen LogP contribution is 2.22. The zero-order valence-electron chi connectivity index (χ0n) is 10.5. The van der Waals surface area contributed by atoms with E-state index in [1.165, 1.54) is 12.1 Å². The number of benzene rings is 1. The predicted octanol–water partition coefficient (Wildman–Crippen LogP) is 3.12. The van der Waals surface area contributed by atoms with Crippen molar-refractivity contribution in [2.75, 3.05) is 6.61 Å². The molecule has 0 bridgehead atoms. The van der Waals surface area contributed by atoms with Gasteiger partial charge in [0.2, 0.25) is 0 Å². The minimum absolute atomic E-state index is 0.163. The van der Waals surface area contributed by atoms with Gasteiger partial charge in [-0.1, -0.05) is 25.1 Å². The third kappa shape index (κ3) is 6.24. The maximum Gasteiger partial charge on any atom is 0.393 e. The van der Waals surface area contributed by atoms with Gasteiger partial charge in [0.05, 0.1) is 6.42 Å². The van der Waals surface area contributed by atoms with Gasteiger partial charge in [-0.2, -0.15) is 13.2 Å². The Labute approximate surface area is 109 Å². The first-order valence-corrected chi connectivity index (χ1v) is 5.96. The number of hydrogen-bond acceptors (Lipinski definition) is 2. The Balaban J connectivity index is 2.63. The molecule has 0 fully saturated rings. The van der Waals surface area contributed by atoms with Gasteiger partial charge in [0.1, 0.15) is 6.23 Å². The third-order valence-corrected chi connectivity index (χ3v) is 2.27. The normalized spacial score (nSPS) is 13.1. The number of amides is 1. The van der Waals surface area contributed by atoms with Crippen molar-refractivity contribution in [2.45, 2.75) is 32.2 Å². The predicted molar refractivity (Wildman–Crippen MR) is 64.6 cm³/mol. The van der Waals surface area contributed by atoms with Gasteiger partial charge in [-0.25, -0.2) is 0 Å². The van der Waals surface area contributed by atoms with Gasteiger partial charge in [-0.15, -0.1) is 0 Å². The van der Waals surface area contributed by atoms with Crippen LogP contribution in [0.4, 0.5) is 13.2 Å². The zero-order chi connectivity index (χ0) is 14.3. The highest BCUT2D eigenvalue weighted by atomic mass is 19.4. The second-order valence-corrected chi connectivity index (χ2v) is 4.02. The Bertz CT molecular complexity index is 393. The van der Waals surface area contributed by atoms with E-state index < -0.39 is 24.7 Å². The summed E-state index contributed by atoms with van der Waals surface area (Å²) in [6, 6.07) is 8.05. The summed E-state index contributed by atoms with van der Waals surface area (Å²) in [7, 11) is 0. The fraction of sp³-hybridized carbons (Fsp3) is 0.462. The Hall–Kier alpha value is -1.56. The number of carbonyl (C=O) groups excluding carboxylic acids is 1. The van der Waals surface area contributed by atoms with Crippen molar-refractivity contribution in [3.63, 3.8) is 0 Å². The van der Waals surface area contributed by atoms with E-state index in [4.69, 9.17) is 4.74 Å². The number of rotatable bonds is 6. The molecule has 0 heterocycles. The molecule has 0 aliphatic heterocycles. The van der Waals surface area contributed by atoms with Crippen molar-refractivity contribution in [2.24, 2.45) is 0 Å². The third-order valence-electron chi connectivity index (χ3n) is 2.27. The van der Waals surface area contributed by atoms with E-state index >= 15 is 0 Å². The molecule has 0 aliphatic carbocycles. The highest BCUT2D eigenvalue weighted by Gasteiger charge is 2.33. The average Bonchev–Trinajstić information content (AvgIpc) is 2.35. The Morgan fingerprint density at radius 3 is 2.47 bits per heavy atom. The van der Waals surface area contributed by atoms with Crippen molar-refractivity contribution in [3.8, 4) is 0 Å². The molecular formula is C13H16F3NO2. The lowest BCUT2D eigenvalue weighted by atomic mass is 10.2. The van der Waals surface area contributed by atoms with Gasteiger partial charge in [-0.3, -0.25) is 4.79 Å². The first kappa shape index (κ1) is 15.5. The molecule has 6 heteroatoms. The molecule has 1 rings (SSSR count). The van der Waals surface area contributed by atoms with Crippen LogP contribution >= 0.6 is 0 Å². The van der Waals surface area contributed by atoms with Crippen LogP contribution in [0.5, 0.6) is 0 Å². The number of nitrogens with one attached hydrogen (secondary N) is 1. The van der Waals surface area contributed by atoms with Crippen LogP contribution in [0.25, 0.3) is 0 Å². The SMILES string of the molecule is CCCO[C@@H](CC(F)(F)F)NC(=O)c1ccccc1. The van der Waals surface area contributed by atoms with E-state index in [1.807, 2.05) is 0 Å². The van der Waals surface area contributed by atoms with Gasteiger partial charge in [0.15, 0.2) is 0 Å². The molecule has 1 atom stereocenters.